The van der Waals surface area contributed by atoms with Crippen molar-refractivity contribution in [2.45, 2.75) is 39.4 Å². The number of benzene rings is 2. The molecule has 0 aliphatic carbocycles. The van der Waals surface area contributed by atoms with Gasteiger partial charge in [0, 0.05) is 5.69 Å². The fraction of sp³-hybridized carbons (Fsp3) is 0.286. The van der Waals surface area contributed by atoms with E-state index in [1.807, 2.05) is 0 Å². The highest BCUT2D eigenvalue weighted by Crippen LogP contribution is 2.23. The Bertz CT molecular complexity index is 959. The molecule has 0 radical (unpaired) electrons. The summed E-state index contributed by atoms with van der Waals surface area (Å²) in [4.78, 5) is 36.5. The molecule has 1 atom stereocenters. The Balaban J connectivity index is 1.99. The van der Waals surface area contributed by atoms with Gasteiger partial charge in [-0.2, -0.15) is 0 Å². The number of carbonyl (C=O) groups is 3. The van der Waals surface area contributed by atoms with Crippen LogP contribution in [0.3, 0.4) is 0 Å². The number of amides is 2. The summed E-state index contributed by atoms with van der Waals surface area (Å²) in [5.41, 5.74) is -0.0249. The normalized spacial score (nSPS) is 11.9. The van der Waals surface area contributed by atoms with Crippen LogP contribution in [0.4, 0.5) is 20.6 Å². The SMILES string of the molecule is C[C@@H](OC(=O)c1cccc(NC(=O)OC(C)(C)C)c1)C(=O)Nc1ccc(F)cc1Cl. The second-order valence-electron chi connectivity index (χ2n) is 7.37. The number of esters is 1. The summed E-state index contributed by atoms with van der Waals surface area (Å²) in [6, 6.07) is 9.49. The highest BCUT2D eigenvalue weighted by atomic mass is 35.5. The van der Waals surface area contributed by atoms with Crippen molar-refractivity contribution in [3.8, 4) is 0 Å². The van der Waals surface area contributed by atoms with Crippen LogP contribution in [0.2, 0.25) is 5.02 Å². The van der Waals surface area contributed by atoms with Crippen LogP contribution in [0.5, 0.6) is 0 Å². The van der Waals surface area contributed by atoms with E-state index in [9.17, 15) is 18.8 Å². The van der Waals surface area contributed by atoms with Crippen molar-refractivity contribution in [1.82, 2.24) is 0 Å². The highest BCUT2D eigenvalue weighted by Gasteiger charge is 2.21. The maximum atomic E-state index is 13.1. The molecule has 0 spiro atoms. The molecule has 2 aromatic rings. The predicted molar refractivity (Wildman–Crippen MR) is 111 cm³/mol. The van der Waals surface area contributed by atoms with Crippen LogP contribution < -0.4 is 10.6 Å². The summed E-state index contributed by atoms with van der Waals surface area (Å²) in [7, 11) is 0. The standard InChI is InChI=1S/C21H22ClFN2O5/c1-12(18(26)25-17-9-8-14(23)11-16(17)22)29-19(27)13-6-5-7-15(10-13)24-20(28)30-21(2,3)4/h5-12H,1-4H3,(H,24,28)(H,25,26)/t12-/m1/s1. The number of anilines is 2. The fourth-order valence-electron chi connectivity index (χ4n) is 2.25. The molecular weight excluding hydrogens is 415 g/mol. The maximum Gasteiger partial charge on any atom is 0.412 e. The zero-order chi connectivity index (χ0) is 22.5. The minimum atomic E-state index is -1.15. The van der Waals surface area contributed by atoms with Gasteiger partial charge in [0.2, 0.25) is 0 Å². The summed E-state index contributed by atoms with van der Waals surface area (Å²) < 4.78 is 23.4. The average Bonchev–Trinajstić information content (AvgIpc) is 2.62. The summed E-state index contributed by atoms with van der Waals surface area (Å²) in [5.74, 6) is -1.95. The Morgan fingerprint density at radius 1 is 1.07 bits per heavy atom. The Labute approximate surface area is 178 Å². The molecule has 0 saturated carbocycles. The fourth-order valence-corrected chi connectivity index (χ4v) is 2.47. The first-order valence-electron chi connectivity index (χ1n) is 9.01. The molecular formula is C21H22ClFN2O5. The monoisotopic (exact) mass is 436 g/mol. The number of hydrogen-bond acceptors (Lipinski definition) is 5. The molecule has 2 aromatic carbocycles. The molecule has 30 heavy (non-hydrogen) atoms. The molecule has 160 valence electrons. The summed E-state index contributed by atoms with van der Waals surface area (Å²) in [5, 5.41) is 5.00. The van der Waals surface area contributed by atoms with Crippen LogP contribution in [0, 0.1) is 5.82 Å². The van der Waals surface area contributed by atoms with Crippen molar-refractivity contribution in [2.75, 3.05) is 10.6 Å². The molecule has 0 saturated heterocycles. The van der Waals surface area contributed by atoms with E-state index in [0.717, 1.165) is 12.1 Å². The number of carbonyl (C=O) groups excluding carboxylic acids is 3. The van der Waals surface area contributed by atoms with Crippen LogP contribution in [0.1, 0.15) is 38.1 Å². The lowest BCUT2D eigenvalue weighted by atomic mass is 10.2. The lowest BCUT2D eigenvalue weighted by Crippen LogP contribution is -2.30. The molecule has 0 aliphatic heterocycles. The first-order chi connectivity index (χ1) is 13.9. The zero-order valence-electron chi connectivity index (χ0n) is 16.9. The molecule has 0 unspecified atom stereocenters. The van der Waals surface area contributed by atoms with Gasteiger partial charge >= 0.3 is 12.1 Å². The highest BCUT2D eigenvalue weighted by molar-refractivity contribution is 6.33. The lowest BCUT2D eigenvalue weighted by Gasteiger charge is -2.19. The number of halogens is 2. The van der Waals surface area contributed by atoms with E-state index in [2.05, 4.69) is 10.6 Å². The Hall–Kier alpha value is -3.13. The average molecular weight is 437 g/mol. The van der Waals surface area contributed by atoms with E-state index in [-0.39, 0.29) is 16.3 Å². The van der Waals surface area contributed by atoms with E-state index < -0.39 is 35.5 Å². The van der Waals surface area contributed by atoms with Crippen LogP contribution in [0.25, 0.3) is 0 Å². The van der Waals surface area contributed by atoms with Gasteiger partial charge in [-0.1, -0.05) is 17.7 Å². The Morgan fingerprint density at radius 3 is 2.40 bits per heavy atom. The number of hydrogen-bond donors (Lipinski definition) is 2. The molecule has 2 N–H and O–H groups in total. The predicted octanol–water partition coefficient (Wildman–Crippen LogP) is 5.01. The summed E-state index contributed by atoms with van der Waals surface area (Å²) in [6.45, 7) is 6.57. The van der Waals surface area contributed by atoms with Gasteiger partial charge in [0.1, 0.15) is 11.4 Å². The smallest absolute Gasteiger partial charge is 0.412 e. The van der Waals surface area contributed by atoms with Gasteiger partial charge in [-0.25, -0.2) is 14.0 Å². The Morgan fingerprint density at radius 2 is 1.77 bits per heavy atom. The summed E-state index contributed by atoms with van der Waals surface area (Å²) in [6.07, 6.45) is -1.82. The molecule has 0 aliphatic rings. The Kier molecular flexibility index (Phi) is 7.39. The van der Waals surface area contributed by atoms with Gasteiger partial charge in [-0.05, 0) is 64.1 Å². The third-order valence-corrected chi connectivity index (χ3v) is 3.90. The minimum Gasteiger partial charge on any atom is -0.449 e. The van der Waals surface area contributed by atoms with Gasteiger partial charge < -0.3 is 14.8 Å². The van der Waals surface area contributed by atoms with Crippen LogP contribution >= 0.6 is 11.6 Å². The topological polar surface area (TPSA) is 93.7 Å². The van der Waals surface area contributed by atoms with Crippen LogP contribution in [0.15, 0.2) is 42.5 Å². The van der Waals surface area contributed by atoms with E-state index in [1.165, 1.54) is 25.1 Å². The van der Waals surface area contributed by atoms with E-state index in [1.54, 1.807) is 32.9 Å². The quantitative estimate of drug-likeness (QED) is 0.642. The van der Waals surface area contributed by atoms with Crippen molar-refractivity contribution in [3.05, 3.63) is 58.9 Å². The first kappa shape index (κ1) is 23.2. The molecule has 0 bridgehead atoms. The minimum absolute atomic E-state index is 0.0165. The second kappa shape index (κ2) is 9.58. The first-order valence-corrected chi connectivity index (χ1v) is 9.39. The molecule has 0 fully saturated rings. The third-order valence-electron chi connectivity index (χ3n) is 3.59. The van der Waals surface area contributed by atoms with Crippen LogP contribution in [-0.2, 0) is 14.3 Å². The number of ether oxygens (including phenoxy) is 2. The van der Waals surface area contributed by atoms with E-state index in [4.69, 9.17) is 21.1 Å². The molecule has 0 heterocycles. The summed E-state index contributed by atoms with van der Waals surface area (Å²) >= 11 is 5.87. The van der Waals surface area contributed by atoms with Gasteiger partial charge in [-0.3, -0.25) is 10.1 Å². The zero-order valence-corrected chi connectivity index (χ0v) is 17.7. The molecule has 9 heteroatoms. The van der Waals surface area contributed by atoms with Gasteiger partial charge in [0.05, 0.1) is 16.3 Å². The maximum absolute atomic E-state index is 13.1. The lowest BCUT2D eigenvalue weighted by molar-refractivity contribution is -0.123. The van der Waals surface area contributed by atoms with Gasteiger partial charge in [0.25, 0.3) is 5.91 Å². The number of rotatable bonds is 5. The third kappa shape index (κ3) is 7.04. The molecule has 7 nitrogen and oxygen atoms in total. The molecule has 2 amide bonds. The van der Waals surface area contributed by atoms with Crippen molar-refractivity contribution in [1.29, 1.82) is 0 Å². The van der Waals surface area contributed by atoms with Crippen molar-refractivity contribution >= 4 is 40.9 Å². The van der Waals surface area contributed by atoms with Gasteiger partial charge in [0.15, 0.2) is 6.10 Å². The number of nitrogens with one attached hydrogen (secondary N) is 2. The van der Waals surface area contributed by atoms with Crippen molar-refractivity contribution in [3.63, 3.8) is 0 Å². The van der Waals surface area contributed by atoms with Crippen LogP contribution in [-0.4, -0.2) is 29.7 Å². The largest absolute Gasteiger partial charge is 0.449 e. The van der Waals surface area contributed by atoms with Crippen molar-refractivity contribution < 1.29 is 28.2 Å². The second-order valence-corrected chi connectivity index (χ2v) is 7.78. The van der Waals surface area contributed by atoms with E-state index in [0.29, 0.717) is 5.69 Å². The van der Waals surface area contributed by atoms with Crippen molar-refractivity contribution in [2.24, 2.45) is 0 Å². The molecule has 2 rings (SSSR count). The van der Waals surface area contributed by atoms with E-state index >= 15 is 0 Å². The molecule has 0 aromatic heterocycles. The van der Waals surface area contributed by atoms with Gasteiger partial charge in [-0.15, -0.1) is 0 Å².